The molecule has 0 radical (unpaired) electrons. The van der Waals surface area contributed by atoms with Gasteiger partial charge in [-0.3, -0.25) is 0 Å². The van der Waals surface area contributed by atoms with Crippen molar-refractivity contribution in [3.8, 4) is 17.1 Å². The third kappa shape index (κ3) is 1.99. The van der Waals surface area contributed by atoms with Crippen LogP contribution in [0.15, 0.2) is 34.9 Å². The Labute approximate surface area is 87.1 Å². The van der Waals surface area contributed by atoms with Crippen molar-refractivity contribution in [3.05, 3.63) is 36.0 Å². The van der Waals surface area contributed by atoms with Crippen molar-refractivity contribution in [1.82, 2.24) is 5.16 Å². The third-order valence-electron chi connectivity index (χ3n) is 2.08. The van der Waals surface area contributed by atoms with Gasteiger partial charge in [0.05, 0.1) is 13.7 Å². The van der Waals surface area contributed by atoms with Crippen LogP contribution in [0.25, 0.3) is 11.3 Å². The number of ether oxygens (including phenoxy) is 1. The Bertz CT molecular complexity index is 451. The number of hydrogen-bond acceptors (Lipinski definition) is 4. The van der Waals surface area contributed by atoms with Crippen LogP contribution in [0, 0.1) is 0 Å². The Hall–Kier alpha value is -1.81. The average molecular weight is 205 g/mol. The highest BCUT2D eigenvalue weighted by Gasteiger charge is 2.06. The molecule has 2 aromatic rings. The summed E-state index contributed by atoms with van der Waals surface area (Å²) in [6, 6.07) is 9.17. The highest BCUT2D eigenvalue weighted by Crippen LogP contribution is 2.24. The van der Waals surface area contributed by atoms with E-state index < -0.39 is 0 Å². The molecule has 0 aliphatic carbocycles. The molecular weight excluding hydrogens is 194 g/mol. The zero-order chi connectivity index (χ0) is 10.7. The largest absolute Gasteiger partial charge is 0.497 e. The van der Waals surface area contributed by atoms with E-state index in [1.807, 2.05) is 24.3 Å². The van der Waals surface area contributed by atoms with Gasteiger partial charge in [0.15, 0.2) is 5.76 Å². The molecule has 0 aliphatic heterocycles. The zero-order valence-corrected chi connectivity index (χ0v) is 8.30. The van der Waals surface area contributed by atoms with Gasteiger partial charge >= 0.3 is 0 Å². The van der Waals surface area contributed by atoms with Gasteiger partial charge in [0.25, 0.3) is 0 Å². The molecule has 4 nitrogen and oxygen atoms in total. The van der Waals surface area contributed by atoms with Crippen molar-refractivity contribution in [1.29, 1.82) is 0 Å². The van der Waals surface area contributed by atoms with Crippen molar-refractivity contribution in [3.63, 3.8) is 0 Å². The molecule has 0 amide bonds. The molecule has 1 aromatic carbocycles. The summed E-state index contributed by atoms with van der Waals surface area (Å²) in [6.45, 7) is -0.118. The fraction of sp³-hybridized carbons (Fsp3) is 0.182. The van der Waals surface area contributed by atoms with Crippen LogP contribution in [0.4, 0.5) is 0 Å². The molecule has 0 saturated carbocycles. The highest BCUT2D eigenvalue weighted by atomic mass is 16.5. The third-order valence-corrected chi connectivity index (χ3v) is 2.08. The summed E-state index contributed by atoms with van der Waals surface area (Å²) in [6.07, 6.45) is 0. The van der Waals surface area contributed by atoms with Gasteiger partial charge in [-0.2, -0.15) is 0 Å². The van der Waals surface area contributed by atoms with Crippen molar-refractivity contribution >= 4 is 0 Å². The zero-order valence-electron chi connectivity index (χ0n) is 8.30. The summed E-state index contributed by atoms with van der Waals surface area (Å²) < 4.78 is 10.2. The van der Waals surface area contributed by atoms with Gasteiger partial charge in [-0.25, -0.2) is 0 Å². The van der Waals surface area contributed by atoms with E-state index in [4.69, 9.17) is 14.4 Å². The Balaban J connectivity index is 2.35. The first-order valence-corrected chi connectivity index (χ1v) is 4.54. The minimum absolute atomic E-state index is 0.118. The van der Waals surface area contributed by atoms with Crippen LogP contribution in [0.5, 0.6) is 5.75 Å². The van der Waals surface area contributed by atoms with Crippen LogP contribution in [0.1, 0.15) is 5.69 Å². The molecule has 0 unspecified atom stereocenters. The van der Waals surface area contributed by atoms with Gasteiger partial charge in [-0.1, -0.05) is 17.3 Å². The van der Waals surface area contributed by atoms with Crippen molar-refractivity contribution < 1.29 is 14.4 Å². The van der Waals surface area contributed by atoms with Crippen LogP contribution < -0.4 is 4.74 Å². The maximum Gasteiger partial charge on any atom is 0.167 e. The lowest BCUT2D eigenvalue weighted by molar-refractivity contribution is 0.267. The fourth-order valence-corrected chi connectivity index (χ4v) is 1.30. The van der Waals surface area contributed by atoms with Crippen molar-refractivity contribution in [2.45, 2.75) is 6.61 Å². The second-order valence-electron chi connectivity index (χ2n) is 3.07. The average Bonchev–Trinajstić information content (AvgIpc) is 2.78. The number of rotatable bonds is 3. The lowest BCUT2D eigenvalue weighted by atomic mass is 10.1. The van der Waals surface area contributed by atoms with Crippen LogP contribution in [0.2, 0.25) is 0 Å². The molecule has 0 saturated heterocycles. The van der Waals surface area contributed by atoms with E-state index in [1.165, 1.54) is 0 Å². The first-order chi connectivity index (χ1) is 7.33. The topological polar surface area (TPSA) is 55.5 Å². The molecule has 2 rings (SSSR count). The van der Waals surface area contributed by atoms with Gasteiger partial charge < -0.3 is 14.4 Å². The molecular formula is C11H11NO3. The first-order valence-electron chi connectivity index (χ1n) is 4.54. The van der Waals surface area contributed by atoms with Crippen LogP contribution in [0.3, 0.4) is 0 Å². The van der Waals surface area contributed by atoms with Gasteiger partial charge in [0, 0.05) is 11.6 Å². The van der Waals surface area contributed by atoms with E-state index in [2.05, 4.69) is 5.16 Å². The van der Waals surface area contributed by atoms with Gasteiger partial charge in [0.2, 0.25) is 0 Å². The minimum Gasteiger partial charge on any atom is -0.497 e. The van der Waals surface area contributed by atoms with E-state index in [0.29, 0.717) is 11.5 Å². The number of hydrogen-bond donors (Lipinski definition) is 1. The van der Waals surface area contributed by atoms with E-state index >= 15 is 0 Å². The highest BCUT2D eigenvalue weighted by molar-refractivity contribution is 5.59. The molecule has 1 N–H and O–H groups in total. The Morgan fingerprint density at radius 3 is 2.93 bits per heavy atom. The summed E-state index contributed by atoms with van der Waals surface area (Å²) in [7, 11) is 1.61. The van der Waals surface area contributed by atoms with E-state index in [-0.39, 0.29) is 6.61 Å². The molecule has 0 spiro atoms. The molecule has 0 atom stereocenters. The summed E-state index contributed by atoms with van der Waals surface area (Å²) in [4.78, 5) is 0. The molecule has 0 fully saturated rings. The van der Waals surface area contributed by atoms with Gasteiger partial charge in [0.1, 0.15) is 11.4 Å². The summed E-state index contributed by atoms with van der Waals surface area (Å²) in [5, 5.41) is 12.6. The summed E-state index contributed by atoms with van der Waals surface area (Å²) >= 11 is 0. The minimum atomic E-state index is -0.118. The number of methoxy groups -OCH3 is 1. The molecule has 0 bridgehead atoms. The van der Waals surface area contributed by atoms with Crippen LogP contribution in [-0.4, -0.2) is 17.4 Å². The maximum absolute atomic E-state index is 8.85. The number of aromatic nitrogens is 1. The lowest BCUT2D eigenvalue weighted by Gasteiger charge is -2.00. The molecule has 4 heteroatoms. The predicted molar refractivity (Wildman–Crippen MR) is 54.4 cm³/mol. The Morgan fingerprint density at radius 1 is 1.40 bits per heavy atom. The molecule has 0 aliphatic rings. The smallest absolute Gasteiger partial charge is 0.167 e. The van der Waals surface area contributed by atoms with E-state index in [0.717, 1.165) is 11.3 Å². The van der Waals surface area contributed by atoms with Crippen LogP contribution >= 0.6 is 0 Å². The van der Waals surface area contributed by atoms with Gasteiger partial charge in [-0.15, -0.1) is 0 Å². The number of aliphatic hydroxyl groups excluding tert-OH is 1. The van der Waals surface area contributed by atoms with Crippen LogP contribution in [-0.2, 0) is 6.61 Å². The van der Waals surface area contributed by atoms with Crippen molar-refractivity contribution in [2.75, 3.05) is 7.11 Å². The molecule has 15 heavy (non-hydrogen) atoms. The Morgan fingerprint density at radius 2 is 2.27 bits per heavy atom. The van der Waals surface area contributed by atoms with Crippen molar-refractivity contribution in [2.24, 2.45) is 0 Å². The molecule has 1 heterocycles. The quantitative estimate of drug-likeness (QED) is 0.830. The lowest BCUT2D eigenvalue weighted by Crippen LogP contribution is -1.82. The summed E-state index contributed by atoms with van der Waals surface area (Å²) in [5.74, 6) is 1.38. The molecule has 1 aromatic heterocycles. The molecule has 78 valence electrons. The van der Waals surface area contributed by atoms with E-state index in [1.54, 1.807) is 13.2 Å². The number of benzene rings is 1. The monoisotopic (exact) mass is 205 g/mol. The second kappa shape index (κ2) is 4.14. The fourth-order valence-electron chi connectivity index (χ4n) is 1.30. The second-order valence-corrected chi connectivity index (χ2v) is 3.07. The standard InChI is InChI=1S/C11H11NO3/c1-14-10-4-2-3-8(5-10)11-6-9(7-13)12-15-11/h2-6,13H,7H2,1H3. The number of aliphatic hydroxyl groups is 1. The van der Waals surface area contributed by atoms with E-state index in [9.17, 15) is 0 Å². The SMILES string of the molecule is COc1cccc(-c2cc(CO)no2)c1. The van der Waals surface area contributed by atoms with Gasteiger partial charge in [-0.05, 0) is 12.1 Å². The summed E-state index contributed by atoms with van der Waals surface area (Å²) in [5.41, 5.74) is 1.40. The predicted octanol–water partition coefficient (Wildman–Crippen LogP) is 1.84. The Kier molecular flexibility index (Phi) is 2.69. The number of nitrogens with zero attached hydrogens (tertiary/aromatic N) is 1. The first kappa shape index (κ1) is 9.73. The normalized spacial score (nSPS) is 10.3. The maximum atomic E-state index is 8.85.